The van der Waals surface area contributed by atoms with Gasteiger partial charge >= 0.3 is 0 Å². The summed E-state index contributed by atoms with van der Waals surface area (Å²) in [6.07, 6.45) is 0. The van der Waals surface area contributed by atoms with Gasteiger partial charge in [0.2, 0.25) is 0 Å². The lowest BCUT2D eigenvalue weighted by molar-refractivity contribution is 0.0985. The second-order valence-electron chi connectivity index (χ2n) is 2.85. The number of carbonyl (C=O) groups excluding carboxylic acids is 1. The zero-order valence-electron chi connectivity index (χ0n) is 7.32. The molecule has 1 aliphatic rings. The molecule has 2 rings (SSSR count). The molecule has 74 valence electrons. The summed E-state index contributed by atoms with van der Waals surface area (Å²) in [4.78, 5) is 11.0. The van der Waals surface area contributed by atoms with Gasteiger partial charge in [-0.1, -0.05) is 0 Å². The van der Waals surface area contributed by atoms with Crippen molar-refractivity contribution in [3.63, 3.8) is 0 Å². The van der Waals surface area contributed by atoms with Gasteiger partial charge in [-0.15, -0.1) is 0 Å². The number of amides is 1. The highest BCUT2D eigenvalue weighted by Gasteiger charge is 2.22. The smallest absolute Gasteiger partial charge is 0.256 e. The number of phenols is 1. The molecule has 0 aliphatic carbocycles. The molecule has 14 heavy (non-hydrogen) atoms. The van der Waals surface area contributed by atoms with Crippen LogP contribution in [0.25, 0.3) is 0 Å². The zero-order valence-corrected chi connectivity index (χ0v) is 7.32. The fourth-order valence-electron chi connectivity index (χ4n) is 1.34. The van der Waals surface area contributed by atoms with Crippen LogP contribution in [-0.4, -0.2) is 24.2 Å². The summed E-state index contributed by atoms with van der Waals surface area (Å²) < 4.78 is 10.4. The SMILES string of the molecule is NC(=O)c1c(O)ccc2c1OCCO2. The average molecular weight is 195 g/mol. The lowest BCUT2D eigenvalue weighted by Gasteiger charge is -2.20. The number of fused-ring (bicyclic) bond motifs is 1. The summed E-state index contributed by atoms with van der Waals surface area (Å²) in [6.45, 7) is 0.771. The number of nitrogens with two attached hydrogens (primary N) is 1. The molecule has 5 heteroatoms. The van der Waals surface area contributed by atoms with E-state index in [4.69, 9.17) is 15.2 Å². The minimum Gasteiger partial charge on any atom is -0.507 e. The molecule has 0 bridgehead atoms. The number of aromatic hydroxyl groups is 1. The summed E-state index contributed by atoms with van der Waals surface area (Å²) in [5, 5.41) is 9.40. The van der Waals surface area contributed by atoms with E-state index in [0.717, 1.165) is 0 Å². The Morgan fingerprint density at radius 1 is 1.36 bits per heavy atom. The number of benzene rings is 1. The summed E-state index contributed by atoms with van der Waals surface area (Å²) in [5.74, 6) is -0.266. The molecule has 0 saturated heterocycles. The Balaban J connectivity index is 2.60. The van der Waals surface area contributed by atoms with Crippen LogP contribution < -0.4 is 15.2 Å². The molecule has 3 N–H and O–H groups in total. The van der Waals surface area contributed by atoms with Gasteiger partial charge in [0.25, 0.3) is 5.91 Å². The predicted molar refractivity (Wildman–Crippen MR) is 47.6 cm³/mol. The van der Waals surface area contributed by atoms with E-state index >= 15 is 0 Å². The summed E-state index contributed by atoms with van der Waals surface area (Å²) in [7, 11) is 0. The molecule has 5 nitrogen and oxygen atoms in total. The van der Waals surface area contributed by atoms with E-state index in [1.54, 1.807) is 0 Å². The maximum atomic E-state index is 11.0. The first-order valence-electron chi connectivity index (χ1n) is 4.11. The average Bonchev–Trinajstić information content (AvgIpc) is 2.17. The van der Waals surface area contributed by atoms with Crippen molar-refractivity contribution in [2.45, 2.75) is 0 Å². The molecule has 0 aromatic heterocycles. The van der Waals surface area contributed by atoms with E-state index < -0.39 is 5.91 Å². The Morgan fingerprint density at radius 3 is 2.79 bits per heavy atom. The van der Waals surface area contributed by atoms with Crippen molar-refractivity contribution in [2.24, 2.45) is 5.73 Å². The van der Waals surface area contributed by atoms with Crippen LogP contribution in [0.15, 0.2) is 12.1 Å². The Hall–Kier alpha value is -1.91. The van der Waals surface area contributed by atoms with Crippen molar-refractivity contribution in [2.75, 3.05) is 13.2 Å². The number of hydrogen-bond donors (Lipinski definition) is 2. The number of hydrogen-bond acceptors (Lipinski definition) is 4. The van der Waals surface area contributed by atoms with Gasteiger partial charge in [-0.2, -0.15) is 0 Å². The first-order valence-corrected chi connectivity index (χ1v) is 4.11. The summed E-state index contributed by atoms with van der Waals surface area (Å²) >= 11 is 0. The number of primary amides is 1. The molecule has 1 aliphatic heterocycles. The van der Waals surface area contributed by atoms with Crippen LogP contribution in [0.4, 0.5) is 0 Å². The van der Waals surface area contributed by atoms with Gasteiger partial charge in [0, 0.05) is 0 Å². The van der Waals surface area contributed by atoms with Gasteiger partial charge in [0.05, 0.1) is 0 Å². The standard InChI is InChI=1S/C9H9NO4/c10-9(12)7-5(11)1-2-6-8(7)14-4-3-13-6/h1-2,11H,3-4H2,(H2,10,12). The quantitative estimate of drug-likeness (QED) is 0.673. The summed E-state index contributed by atoms with van der Waals surface area (Å²) in [6, 6.07) is 2.89. The van der Waals surface area contributed by atoms with Gasteiger partial charge in [0.15, 0.2) is 11.5 Å². The van der Waals surface area contributed by atoms with Crippen molar-refractivity contribution in [3.05, 3.63) is 17.7 Å². The molecule has 0 fully saturated rings. The summed E-state index contributed by atoms with van der Waals surface area (Å²) in [5.41, 5.74) is 5.08. The number of ether oxygens (including phenoxy) is 2. The van der Waals surface area contributed by atoms with E-state index in [1.165, 1.54) is 12.1 Å². The van der Waals surface area contributed by atoms with Gasteiger partial charge in [-0.05, 0) is 12.1 Å². The highest BCUT2D eigenvalue weighted by molar-refractivity contribution is 5.99. The Kier molecular flexibility index (Phi) is 1.92. The topological polar surface area (TPSA) is 81.8 Å². The lowest BCUT2D eigenvalue weighted by Crippen LogP contribution is -2.20. The van der Waals surface area contributed by atoms with Gasteiger partial charge in [-0.25, -0.2) is 0 Å². The van der Waals surface area contributed by atoms with Gasteiger partial charge in [0.1, 0.15) is 24.5 Å². The third-order valence-electron chi connectivity index (χ3n) is 1.93. The Labute approximate surface area is 80.0 Å². The molecule has 0 unspecified atom stereocenters. The molecule has 0 radical (unpaired) electrons. The molecule has 0 spiro atoms. The molecular weight excluding hydrogens is 186 g/mol. The van der Waals surface area contributed by atoms with E-state index in [2.05, 4.69) is 0 Å². The zero-order chi connectivity index (χ0) is 10.1. The molecule has 0 saturated carbocycles. The van der Waals surface area contributed by atoms with Crippen molar-refractivity contribution in [3.8, 4) is 17.2 Å². The normalized spacial score (nSPS) is 13.7. The highest BCUT2D eigenvalue weighted by atomic mass is 16.6. The van der Waals surface area contributed by atoms with Crippen molar-refractivity contribution in [1.29, 1.82) is 0 Å². The molecule has 1 amide bonds. The van der Waals surface area contributed by atoms with E-state index in [-0.39, 0.29) is 17.1 Å². The monoisotopic (exact) mass is 195 g/mol. The number of rotatable bonds is 1. The van der Waals surface area contributed by atoms with Crippen molar-refractivity contribution < 1.29 is 19.4 Å². The van der Waals surface area contributed by atoms with E-state index in [0.29, 0.717) is 19.0 Å². The van der Waals surface area contributed by atoms with E-state index in [1.807, 2.05) is 0 Å². The minimum absolute atomic E-state index is 0.0257. The first kappa shape index (κ1) is 8.68. The Morgan fingerprint density at radius 2 is 2.07 bits per heavy atom. The van der Waals surface area contributed by atoms with Crippen LogP contribution in [0.2, 0.25) is 0 Å². The Bertz CT molecular complexity index is 389. The third kappa shape index (κ3) is 1.22. The second kappa shape index (κ2) is 3.10. The van der Waals surface area contributed by atoms with Crippen LogP contribution in [-0.2, 0) is 0 Å². The maximum absolute atomic E-state index is 11.0. The first-order chi connectivity index (χ1) is 6.70. The van der Waals surface area contributed by atoms with Gasteiger partial charge < -0.3 is 20.3 Å². The van der Waals surface area contributed by atoms with Gasteiger partial charge in [-0.3, -0.25) is 4.79 Å². The van der Waals surface area contributed by atoms with Crippen molar-refractivity contribution in [1.82, 2.24) is 0 Å². The molecule has 1 heterocycles. The highest BCUT2D eigenvalue weighted by Crippen LogP contribution is 2.38. The van der Waals surface area contributed by atoms with Crippen LogP contribution in [0, 0.1) is 0 Å². The molecule has 0 atom stereocenters. The minimum atomic E-state index is -0.732. The van der Waals surface area contributed by atoms with E-state index in [9.17, 15) is 9.90 Å². The van der Waals surface area contributed by atoms with Crippen LogP contribution >= 0.6 is 0 Å². The largest absolute Gasteiger partial charge is 0.507 e. The fourth-order valence-corrected chi connectivity index (χ4v) is 1.34. The fraction of sp³-hybridized carbons (Fsp3) is 0.222. The third-order valence-corrected chi connectivity index (χ3v) is 1.93. The van der Waals surface area contributed by atoms with Crippen LogP contribution in [0.3, 0.4) is 0 Å². The molecule has 1 aromatic carbocycles. The van der Waals surface area contributed by atoms with Crippen molar-refractivity contribution >= 4 is 5.91 Å². The predicted octanol–water partition coefficient (Wildman–Crippen LogP) is 0.262. The lowest BCUT2D eigenvalue weighted by atomic mass is 10.1. The maximum Gasteiger partial charge on any atom is 0.256 e. The van der Waals surface area contributed by atoms with Crippen LogP contribution in [0.1, 0.15) is 10.4 Å². The molecular formula is C9H9NO4. The molecule has 1 aromatic rings. The van der Waals surface area contributed by atoms with Crippen LogP contribution in [0.5, 0.6) is 17.2 Å². The number of carbonyl (C=O) groups is 1. The second-order valence-corrected chi connectivity index (χ2v) is 2.85.